The van der Waals surface area contributed by atoms with Crippen molar-refractivity contribution in [3.63, 3.8) is 0 Å². The number of carbonyl (C=O) groups excluding carboxylic acids is 3. The molecule has 0 saturated heterocycles. The molecule has 0 spiro atoms. The second-order valence-corrected chi connectivity index (χ2v) is 8.06. The number of fused-ring (bicyclic) bond motifs is 1. The molecule has 1 aliphatic heterocycles. The van der Waals surface area contributed by atoms with E-state index in [9.17, 15) is 14.4 Å². The van der Waals surface area contributed by atoms with Crippen molar-refractivity contribution in [2.75, 3.05) is 13.2 Å². The molecular weight excluding hydrogens is 414 g/mol. The lowest BCUT2D eigenvalue weighted by atomic mass is 9.98. The number of aliphatic hydroxyl groups is 1. The number of hydrogen-bond donors (Lipinski definition) is 3. The summed E-state index contributed by atoms with van der Waals surface area (Å²) in [6.07, 6.45) is 3.71. The molecule has 0 aliphatic carbocycles. The van der Waals surface area contributed by atoms with Crippen LogP contribution in [0.1, 0.15) is 32.6 Å². The van der Waals surface area contributed by atoms with E-state index < -0.39 is 41.8 Å². The Hall–Kier alpha value is -3.20. The Bertz CT molecular complexity index is 952. The number of hydrogen-bond acceptors (Lipinski definition) is 7. The van der Waals surface area contributed by atoms with Crippen LogP contribution in [0.3, 0.4) is 0 Å². The number of aromatic nitrogens is 1. The van der Waals surface area contributed by atoms with E-state index in [0.29, 0.717) is 17.9 Å². The van der Waals surface area contributed by atoms with Crippen molar-refractivity contribution < 1.29 is 28.6 Å². The van der Waals surface area contributed by atoms with E-state index in [-0.39, 0.29) is 26.0 Å². The summed E-state index contributed by atoms with van der Waals surface area (Å²) in [4.78, 5) is 42.2. The van der Waals surface area contributed by atoms with Crippen molar-refractivity contribution in [3.05, 3.63) is 42.3 Å². The minimum absolute atomic E-state index is 0.0865. The number of cyclic esters (lactones) is 1. The minimum atomic E-state index is -0.946. The number of carbonyl (C=O) groups is 3. The Labute approximate surface area is 186 Å². The summed E-state index contributed by atoms with van der Waals surface area (Å²) < 4.78 is 11.3. The SMILES string of the molecule is CC1CNC(=O)C(C(=O)N[C@@H](C)CO)CC=CCC(Cc2nc3ccccc3o2)C(=O)O1. The topological polar surface area (TPSA) is 131 Å². The highest BCUT2D eigenvalue weighted by molar-refractivity contribution is 6.00. The largest absolute Gasteiger partial charge is 0.461 e. The van der Waals surface area contributed by atoms with E-state index in [1.54, 1.807) is 26.0 Å². The number of benzene rings is 1. The molecule has 9 nitrogen and oxygen atoms in total. The highest BCUT2D eigenvalue weighted by Gasteiger charge is 2.29. The van der Waals surface area contributed by atoms with Gasteiger partial charge in [-0.15, -0.1) is 0 Å². The van der Waals surface area contributed by atoms with Crippen molar-refractivity contribution in [3.8, 4) is 0 Å². The summed E-state index contributed by atoms with van der Waals surface area (Å²) in [7, 11) is 0. The molecule has 1 aromatic heterocycles. The molecule has 4 atom stereocenters. The molecule has 9 heteroatoms. The van der Waals surface area contributed by atoms with Gasteiger partial charge >= 0.3 is 5.97 Å². The fraction of sp³-hybridized carbons (Fsp3) is 0.478. The number of ether oxygens (including phenoxy) is 1. The second-order valence-electron chi connectivity index (χ2n) is 8.06. The van der Waals surface area contributed by atoms with Gasteiger partial charge in [0.05, 0.1) is 19.1 Å². The molecule has 172 valence electrons. The van der Waals surface area contributed by atoms with Crippen LogP contribution in [0.2, 0.25) is 0 Å². The third-order valence-corrected chi connectivity index (χ3v) is 5.23. The van der Waals surface area contributed by atoms with Gasteiger partial charge in [-0.2, -0.15) is 0 Å². The van der Waals surface area contributed by atoms with E-state index in [4.69, 9.17) is 14.3 Å². The zero-order valence-corrected chi connectivity index (χ0v) is 18.2. The van der Waals surface area contributed by atoms with Crippen LogP contribution in [0.4, 0.5) is 0 Å². The zero-order valence-electron chi connectivity index (χ0n) is 18.2. The molecule has 2 heterocycles. The number of rotatable bonds is 5. The highest BCUT2D eigenvalue weighted by Crippen LogP contribution is 2.21. The predicted molar refractivity (Wildman–Crippen MR) is 116 cm³/mol. The van der Waals surface area contributed by atoms with Crippen LogP contribution in [-0.2, 0) is 25.5 Å². The van der Waals surface area contributed by atoms with Gasteiger partial charge in [-0.1, -0.05) is 24.3 Å². The van der Waals surface area contributed by atoms with Crippen LogP contribution in [-0.4, -0.2) is 53.2 Å². The molecule has 32 heavy (non-hydrogen) atoms. The Balaban J connectivity index is 1.75. The molecule has 1 aromatic carbocycles. The number of amides is 2. The van der Waals surface area contributed by atoms with Crippen LogP contribution in [0, 0.1) is 11.8 Å². The van der Waals surface area contributed by atoms with E-state index in [2.05, 4.69) is 15.6 Å². The summed E-state index contributed by atoms with van der Waals surface area (Å²) in [6.45, 7) is 3.20. The number of nitrogens with one attached hydrogen (secondary N) is 2. The quantitative estimate of drug-likeness (QED) is 0.363. The first-order valence-electron chi connectivity index (χ1n) is 10.8. The third kappa shape index (κ3) is 6.16. The molecule has 3 N–H and O–H groups in total. The maximum absolute atomic E-state index is 12.7. The Morgan fingerprint density at radius 1 is 1.28 bits per heavy atom. The van der Waals surface area contributed by atoms with Crippen LogP contribution in [0.5, 0.6) is 0 Å². The first-order valence-corrected chi connectivity index (χ1v) is 10.8. The van der Waals surface area contributed by atoms with Crippen molar-refractivity contribution in [2.45, 2.75) is 45.3 Å². The monoisotopic (exact) mass is 443 g/mol. The first-order chi connectivity index (χ1) is 15.4. The van der Waals surface area contributed by atoms with Crippen LogP contribution < -0.4 is 10.6 Å². The van der Waals surface area contributed by atoms with Gasteiger partial charge < -0.3 is 24.9 Å². The molecular formula is C23H29N3O6. The smallest absolute Gasteiger partial charge is 0.310 e. The van der Waals surface area contributed by atoms with Crippen LogP contribution >= 0.6 is 0 Å². The van der Waals surface area contributed by atoms with Gasteiger partial charge in [-0.3, -0.25) is 14.4 Å². The highest BCUT2D eigenvalue weighted by atomic mass is 16.5. The third-order valence-electron chi connectivity index (χ3n) is 5.23. The average Bonchev–Trinajstić information content (AvgIpc) is 3.18. The average molecular weight is 444 g/mol. The Kier molecular flexibility index (Phi) is 7.99. The lowest BCUT2D eigenvalue weighted by Crippen LogP contribution is -2.46. The lowest BCUT2D eigenvalue weighted by Gasteiger charge is -2.22. The van der Waals surface area contributed by atoms with Gasteiger partial charge in [0.25, 0.3) is 0 Å². The minimum Gasteiger partial charge on any atom is -0.461 e. The lowest BCUT2D eigenvalue weighted by molar-refractivity contribution is -0.154. The molecule has 0 saturated carbocycles. The van der Waals surface area contributed by atoms with E-state index in [0.717, 1.165) is 5.52 Å². The summed E-state index contributed by atoms with van der Waals surface area (Å²) in [5.41, 5.74) is 1.38. The van der Waals surface area contributed by atoms with Crippen molar-refractivity contribution in [1.29, 1.82) is 0 Å². The summed E-state index contributed by atoms with van der Waals surface area (Å²) in [5.74, 6) is -2.32. The van der Waals surface area contributed by atoms with Crippen molar-refractivity contribution >= 4 is 28.9 Å². The Morgan fingerprint density at radius 3 is 2.78 bits per heavy atom. The van der Waals surface area contributed by atoms with E-state index >= 15 is 0 Å². The van der Waals surface area contributed by atoms with Crippen LogP contribution in [0.15, 0.2) is 40.8 Å². The molecule has 0 bridgehead atoms. The predicted octanol–water partition coefficient (Wildman–Crippen LogP) is 1.50. The molecule has 3 rings (SSSR count). The van der Waals surface area contributed by atoms with Crippen LogP contribution in [0.25, 0.3) is 11.1 Å². The number of nitrogens with zero attached hydrogens (tertiary/aromatic N) is 1. The van der Waals surface area contributed by atoms with Gasteiger partial charge in [-0.05, 0) is 38.8 Å². The van der Waals surface area contributed by atoms with Gasteiger partial charge in [0.15, 0.2) is 11.5 Å². The summed E-state index contributed by atoms with van der Waals surface area (Å²) in [6, 6.07) is 6.93. The van der Waals surface area contributed by atoms with Gasteiger partial charge in [-0.25, -0.2) is 4.98 Å². The number of aliphatic hydroxyl groups excluding tert-OH is 1. The number of oxazole rings is 1. The summed E-state index contributed by atoms with van der Waals surface area (Å²) in [5, 5.41) is 14.5. The van der Waals surface area contributed by atoms with Gasteiger partial charge in [0.1, 0.15) is 17.5 Å². The second kappa shape index (κ2) is 10.9. The zero-order chi connectivity index (χ0) is 23.1. The summed E-state index contributed by atoms with van der Waals surface area (Å²) >= 11 is 0. The molecule has 2 amide bonds. The normalized spacial score (nSPS) is 23.5. The Morgan fingerprint density at radius 2 is 2.03 bits per heavy atom. The van der Waals surface area contributed by atoms with Crippen molar-refractivity contribution in [1.82, 2.24) is 15.6 Å². The molecule has 2 aromatic rings. The fourth-order valence-corrected chi connectivity index (χ4v) is 3.40. The van der Waals surface area contributed by atoms with Crippen molar-refractivity contribution in [2.24, 2.45) is 11.8 Å². The first kappa shape index (κ1) is 23.5. The van der Waals surface area contributed by atoms with Gasteiger partial charge in [0, 0.05) is 12.5 Å². The van der Waals surface area contributed by atoms with E-state index in [1.165, 1.54) is 0 Å². The number of allylic oxidation sites excluding steroid dienone is 2. The standard InChI is InChI=1S/C23H29N3O6/c1-14(13-27)25-22(29)17-8-4-3-7-16(23(30)31-15(2)12-24-21(17)28)11-20-26-18-9-5-6-10-19(18)32-20/h3-6,9-10,14-17,27H,7-8,11-13H2,1-2H3,(H,24,28)(H,25,29)/t14-,15?,16?,17?/m0/s1. The number of esters is 1. The maximum Gasteiger partial charge on any atom is 0.310 e. The van der Waals surface area contributed by atoms with Gasteiger partial charge in [0.2, 0.25) is 11.8 Å². The molecule has 0 radical (unpaired) electrons. The molecule has 1 aliphatic rings. The molecule has 3 unspecified atom stereocenters. The fourth-order valence-electron chi connectivity index (χ4n) is 3.40. The van der Waals surface area contributed by atoms with E-state index in [1.807, 2.05) is 24.3 Å². The number of para-hydroxylation sites is 2. The molecule has 0 fully saturated rings. The maximum atomic E-state index is 12.7.